The zero-order valence-corrected chi connectivity index (χ0v) is 12.8. The number of aromatic nitrogens is 2. The molecule has 2 rings (SSSR count). The zero-order chi connectivity index (χ0) is 15.1. The quantitative estimate of drug-likeness (QED) is 0.903. The predicted molar refractivity (Wildman–Crippen MR) is 81.1 cm³/mol. The van der Waals surface area contributed by atoms with Gasteiger partial charge in [0, 0.05) is 17.5 Å². The van der Waals surface area contributed by atoms with Crippen LogP contribution in [-0.4, -0.2) is 9.55 Å². The minimum atomic E-state index is -0.240. The van der Waals surface area contributed by atoms with Crippen LogP contribution in [-0.2, 0) is 12.0 Å². The Kier molecular flexibility index (Phi) is 3.59. The maximum atomic E-state index is 13.2. The van der Waals surface area contributed by atoms with E-state index in [1.165, 1.54) is 12.1 Å². The van der Waals surface area contributed by atoms with Gasteiger partial charge in [-0.25, -0.2) is 9.37 Å². The molecule has 0 amide bonds. The van der Waals surface area contributed by atoms with Crippen LogP contribution < -0.4 is 5.73 Å². The average molecular weight is 275 g/mol. The monoisotopic (exact) mass is 275 g/mol. The molecule has 0 saturated carbocycles. The number of halogens is 1. The van der Waals surface area contributed by atoms with Crippen LogP contribution in [0.3, 0.4) is 0 Å². The number of rotatable bonds is 2. The fraction of sp³-hybridized carbons (Fsp3) is 0.438. The summed E-state index contributed by atoms with van der Waals surface area (Å²) in [6.45, 7) is 10.2. The number of nitrogens with zero attached hydrogens (tertiary/aromatic N) is 2. The van der Waals surface area contributed by atoms with Crippen LogP contribution in [0.25, 0.3) is 11.3 Å². The molecule has 108 valence electrons. The largest absolute Gasteiger partial charge is 0.383 e. The van der Waals surface area contributed by atoms with Crippen molar-refractivity contribution in [3.8, 4) is 11.3 Å². The van der Waals surface area contributed by atoms with E-state index in [1.54, 1.807) is 6.07 Å². The molecule has 2 N–H and O–H groups in total. The van der Waals surface area contributed by atoms with Crippen molar-refractivity contribution in [3.63, 3.8) is 0 Å². The van der Waals surface area contributed by atoms with Gasteiger partial charge in [0.1, 0.15) is 23.2 Å². The first-order valence-electron chi connectivity index (χ1n) is 6.89. The van der Waals surface area contributed by atoms with Crippen molar-refractivity contribution < 1.29 is 4.39 Å². The van der Waals surface area contributed by atoms with Gasteiger partial charge in [0.2, 0.25) is 0 Å². The average Bonchev–Trinajstić information content (AvgIpc) is 2.66. The lowest BCUT2D eigenvalue weighted by atomic mass is 10.0. The molecule has 4 heteroatoms. The van der Waals surface area contributed by atoms with E-state index in [4.69, 9.17) is 5.73 Å². The highest BCUT2D eigenvalue weighted by Gasteiger charge is 2.24. The summed E-state index contributed by atoms with van der Waals surface area (Å²) in [7, 11) is 0. The van der Waals surface area contributed by atoms with Crippen LogP contribution in [0.2, 0.25) is 0 Å². The maximum absolute atomic E-state index is 13.2. The van der Waals surface area contributed by atoms with E-state index < -0.39 is 0 Å². The van der Waals surface area contributed by atoms with Crippen molar-refractivity contribution in [2.75, 3.05) is 5.73 Å². The van der Waals surface area contributed by atoms with Crippen molar-refractivity contribution in [2.45, 2.75) is 46.6 Å². The number of nitrogen functional groups attached to an aromatic ring is 1. The van der Waals surface area contributed by atoms with Crippen LogP contribution >= 0.6 is 0 Å². The Labute approximate surface area is 119 Å². The molecule has 0 spiro atoms. The summed E-state index contributed by atoms with van der Waals surface area (Å²) in [6.07, 6.45) is 0.807. The molecule has 0 atom stereocenters. The second kappa shape index (κ2) is 4.93. The first-order valence-corrected chi connectivity index (χ1v) is 6.89. The van der Waals surface area contributed by atoms with E-state index in [0.717, 1.165) is 29.1 Å². The third-order valence-electron chi connectivity index (χ3n) is 3.41. The summed E-state index contributed by atoms with van der Waals surface area (Å²) in [5.41, 5.74) is 8.66. The molecular formula is C16H22FN3. The van der Waals surface area contributed by atoms with E-state index in [2.05, 4.69) is 37.2 Å². The SMILES string of the molecule is CCc1nc(-c2ccc(F)cc2C)c(N)n1C(C)(C)C. The number of nitrogens with two attached hydrogens (primary N) is 1. The van der Waals surface area contributed by atoms with Gasteiger partial charge in [0.15, 0.2) is 0 Å². The number of aryl methyl sites for hydroxylation is 2. The van der Waals surface area contributed by atoms with Crippen LogP contribution in [0.5, 0.6) is 0 Å². The van der Waals surface area contributed by atoms with E-state index in [9.17, 15) is 4.39 Å². The Balaban J connectivity index is 2.67. The lowest BCUT2D eigenvalue weighted by molar-refractivity contribution is 0.389. The standard InChI is InChI=1S/C16H22FN3/c1-6-13-19-14(15(18)20(13)16(3,4)5)12-8-7-11(17)9-10(12)2/h7-9H,6,18H2,1-5H3. The fourth-order valence-electron chi connectivity index (χ4n) is 2.56. The summed E-state index contributed by atoms with van der Waals surface area (Å²) < 4.78 is 15.3. The smallest absolute Gasteiger partial charge is 0.132 e. The first-order chi connectivity index (χ1) is 9.25. The van der Waals surface area contributed by atoms with Gasteiger partial charge in [-0.15, -0.1) is 0 Å². The van der Waals surface area contributed by atoms with Crippen LogP contribution in [0.15, 0.2) is 18.2 Å². The lowest BCUT2D eigenvalue weighted by Gasteiger charge is -2.24. The Hall–Kier alpha value is -1.84. The van der Waals surface area contributed by atoms with Crippen molar-refractivity contribution in [1.29, 1.82) is 0 Å². The highest BCUT2D eigenvalue weighted by molar-refractivity contribution is 5.74. The van der Waals surface area contributed by atoms with Crippen LogP contribution in [0.4, 0.5) is 10.2 Å². The second-order valence-electron chi connectivity index (χ2n) is 6.08. The minimum absolute atomic E-state index is 0.130. The number of hydrogen-bond donors (Lipinski definition) is 1. The summed E-state index contributed by atoms with van der Waals surface area (Å²) in [6, 6.07) is 4.70. The highest BCUT2D eigenvalue weighted by Crippen LogP contribution is 2.33. The topological polar surface area (TPSA) is 43.8 Å². The molecule has 0 fully saturated rings. The molecule has 1 heterocycles. The van der Waals surface area contributed by atoms with E-state index in [1.807, 2.05) is 6.92 Å². The molecule has 0 saturated heterocycles. The normalized spacial score (nSPS) is 11.9. The summed E-state index contributed by atoms with van der Waals surface area (Å²) in [4.78, 5) is 4.67. The van der Waals surface area contributed by atoms with Crippen LogP contribution in [0.1, 0.15) is 39.1 Å². The summed E-state index contributed by atoms with van der Waals surface area (Å²) >= 11 is 0. The maximum Gasteiger partial charge on any atom is 0.132 e. The minimum Gasteiger partial charge on any atom is -0.383 e. The number of anilines is 1. The Morgan fingerprint density at radius 3 is 2.40 bits per heavy atom. The molecular weight excluding hydrogens is 253 g/mol. The van der Waals surface area contributed by atoms with Gasteiger partial charge in [-0.2, -0.15) is 0 Å². The van der Waals surface area contributed by atoms with Crippen molar-refractivity contribution in [2.24, 2.45) is 0 Å². The van der Waals surface area contributed by atoms with E-state index in [-0.39, 0.29) is 11.4 Å². The first kappa shape index (κ1) is 14.6. The molecule has 20 heavy (non-hydrogen) atoms. The Morgan fingerprint density at radius 2 is 1.95 bits per heavy atom. The van der Waals surface area contributed by atoms with E-state index in [0.29, 0.717) is 5.82 Å². The molecule has 3 nitrogen and oxygen atoms in total. The lowest BCUT2D eigenvalue weighted by Crippen LogP contribution is -2.25. The Morgan fingerprint density at radius 1 is 1.30 bits per heavy atom. The Bertz CT molecular complexity index is 636. The van der Waals surface area contributed by atoms with Crippen molar-refractivity contribution in [1.82, 2.24) is 9.55 Å². The van der Waals surface area contributed by atoms with Crippen molar-refractivity contribution >= 4 is 5.82 Å². The number of hydrogen-bond acceptors (Lipinski definition) is 2. The van der Waals surface area contributed by atoms with Gasteiger partial charge < -0.3 is 10.3 Å². The summed E-state index contributed by atoms with van der Waals surface area (Å²) in [5.74, 6) is 1.36. The van der Waals surface area contributed by atoms with Gasteiger partial charge >= 0.3 is 0 Å². The van der Waals surface area contributed by atoms with Gasteiger partial charge in [0.05, 0.1) is 0 Å². The number of imidazole rings is 1. The molecule has 1 aromatic heterocycles. The molecule has 2 aromatic rings. The molecule has 0 aliphatic carbocycles. The third-order valence-corrected chi connectivity index (χ3v) is 3.41. The second-order valence-corrected chi connectivity index (χ2v) is 6.08. The van der Waals surface area contributed by atoms with E-state index >= 15 is 0 Å². The zero-order valence-electron chi connectivity index (χ0n) is 12.8. The molecule has 1 aromatic carbocycles. The molecule has 0 unspecified atom stereocenters. The molecule has 0 bridgehead atoms. The van der Waals surface area contributed by atoms with Crippen LogP contribution in [0, 0.1) is 12.7 Å². The molecule has 0 aliphatic heterocycles. The predicted octanol–water partition coefficient (Wildman–Crippen LogP) is 3.90. The van der Waals surface area contributed by atoms with Crippen molar-refractivity contribution in [3.05, 3.63) is 35.4 Å². The fourth-order valence-corrected chi connectivity index (χ4v) is 2.56. The van der Waals surface area contributed by atoms with Gasteiger partial charge in [-0.1, -0.05) is 6.92 Å². The molecule has 0 radical (unpaired) electrons. The highest BCUT2D eigenvalue weighted by atomic mass is 19.1. The third kappa shape index (κ3) is 2.42. The van der Waals surface area contributed by atoms with Gasteiger partial charge in [-0.3, -0.25) is 0 Å². The molecule has 0 aliphatic rings. The van der Waals surface area contributed by atoms with Gasteiger partial charge in [0.25, 0.3) is 0 Å². The summed E-state index contributed by atoms with van der Waals surface area (Å²) in [5, 5.41) is 0. The number of benzene rings is 1. The van der Waals surface area contributed by atoms with Gasteiger partial charge in [-0.05, 0) is 51.5 Å².